The molecule has 0 bridgehead atoms. The summed E-state index contributed by atoms with van der Waals surface area (Å²) in [4.78, 5) is 11.7. The van der Waals surface area contributed by atoms with E-state index < -0.39 is 13.0 Å². The first-order valence-electron chi connectivity index (χ1n) is 5.76. The van der Waals surface area contributed by atoms with Gasteiger partial charge in [-0.2, -0.15) is 0 Å². The molecular weight excluding hydrogens is 272 g/mol. The minimum absolute atomic E-state index is 0.0122. The van der Waals surface area contributed by atoms with Crippen LogP contribution < -0.4 is 11.1 Å². The summed E-state index contributed by atoms with van der Waals surface area (Å²) in [5.74, 6) is -0.422. The number of alkyl halides is 2. The SMILES string of the molecule is N/C(=N/O)c1ccc(C(=O)NCCOCC(F)F)cc1. The maximum Gasteiger partial charge on any atom is 0.261 e. The molecule has 1 aromatic carbocycles. The smallest absolute Gasteiger partial charge is 0.261 e. The van der Waals surface area contributed by atoms with Crippen LogP contribution in [0.4, 0.5) is 8.78 Å². The van der Waals surface area contributed by atoms with Crippen LogP contribution in [0.3, 0.4) is 0 Å². The molecule has 6 nitrogen and oxygen atoms in total. The Balaban J connectivity index is 2.40. The quantitative estimate of drug-likeness (QED) is 0.227. The van der Waals surface area contributed by atoms with Crippen molar-refractivity contribution in [2.45, 2.75) is 6.43 Å². The molecule has 20 heavy (non-hydrogen) atoms. The number of carbonyl (C=O) groups is 1. The zero-order valence-corrected chi connectivity index (χ0v) is 10.6. The van der Waals surface area contributed by atoms with E-state index in [0.717, 1.165) is 0 Å². The normalized spacial score (nSPS) is 11.7. The number of rotatable bonds is 7. The number of nitrogens with zero attached hydrogens (tertiary/aromatic N) is 1. The molecule has 0 saturated carbocycles. The summed E-state index contributed by atoms with van der Waals surface area (Å²) in [7, 11) is 0. The Bertz CT molecular complexity index is 464. The summed E-state index contributed by atoms with van der Waals surface area (Å²) in [5.41, 5.74) is 6.23. The highest BCUT2D eigenvalue weighted by molar-refractivity contribution is 5.99. The van der Waals surface area contributed by atoms with Crippen molar-refractivity contribution >= 4 is 11.7 Å². The van der Waals surface area contributed by atoms with Crippen LogP contribution in [0.25, 0.3) is 0 Å². The van der Waals surface area contributed by atoms with Crippen molar-refractivity contribution < 1.29 is 23.5 Å². The van der Waals surface area contributed by atoms with Gasteiger partial charge in [-0.3, -0.25) is 4.79 Å². The molecular formula is C12H15F2N3O3. The van der Waals surface area contributed by atoms with Gasteiger partial charge in [0.05, 0.1) is 6.61 Å². The maximum absolute atomic E-state index is 11.8. The van der Waals surface area contributed by atoms with E-state index in [0.29, 0.717) is 11.1 Å². The number of benzene rings is 1. The van der Waals surface area contributed by atoms with Crippen LogP contribution in [0.5, 0.6) is 0 Å². The first kappa shape index (κ1) is 15.8. The van der Waals surface area contributed by atoms with E-state index in [9.17, 15) is 13.6 Å². The first-order chi connectivity index (χ1) is 9.54. The molecule has 0 atom stereocenters. The Kier molecular flexibility index (Phi) is 6.38. The van der Waals surface area contributed by atoms with E-state index in [2.05, 4.69) is 15.2 Å². The molecule has 0 aromatic heterocycles. The second-order valence-corrected chi connectivity index (χ2v) is 3.78. The number of ether oxygens (including phenoxy) is 1. The lowest BCUT2D eigenvalue weighted by atomic mass is 10.1. The van der Waals surface area contributed by atoms with E-state index in [1.54, 1.807) is 0 Å². The Morgan fingerprint density at radius 1 is 1.35 bits per heavy atom. The van der Waals surface area contributed by atoms with Gasteiger partial charge in [0.2, 0.25) is 0 Å². The van der Waals surface area contributed by atoms with E-state index in [4.69, 9.17) is 10.9 Å². The molecule has 4 N–H and O–H groups in total. The molecule has 0 aliphatic carbocycles. The van der Waals surface area contributed by atoms with Crippen LogP contribution in [0.15, 0.2) is 29.4 Å². The molecule has 1 amide bonds. The number of hydrogen-bond donors (Lipinski definition) is 3. The number of halogens is 2. The molecule has 0 heterocycles. The number of amidine groups is 1. The molecule has 1 aromatic rings. The molecule has 0 aliphatic heterocycles. The highest BCUT2D eigenvalue weighted by atomic mass is 19.3. The first-order valence-corrected chi connectivity index (χ1v) is 5.76. The average molecular weight is 287 g/mol. The van der Waals surface area contributed by atoms with E-state index in [1.807, 2.05) is 0 Å². The van der Waals surface area contributed by atoms with Gasteiger partial charge in [0.15, 0.2) is 5.84 Å². The maximum atomic E-state index is 11.8. The fourth-order valence-corrected chi connectivity index (χ4v) is 1.36. The zero-order chi connectivity index (χ0) is 15.0. The number of nitrogens with one attached hydrogen (secondary N) is 1. The Morgan fingerprint density at radius 2 is 1.95 bits per heavy atom. The molecule has 0 unspecified atom stereocenters. The summed E-state index contributed by atoms with van der Waals surface area (Å²) in [5, 5.41) is 13.8. The van der Waals surface area contributed by atoms with Gasteiger partial charge in [-0.25, -0.2) is 8.78 Å². The summed E-state index contributed by atoms with van der Waals surface area (Å²) >= 11 is 0. The third-order valence-corrected chi connectivity index (χ3v) is 2.33. The second kappa shape index (κ2) is 8.05. The van der Waals surface area contributed by atoms with Crippen molar-refractivity contribution in [1.82, 2.24) is 5.32 Å². The standard InChI is InChI=1S/C12H15F2N3O3/c13-10(14)7-20-6-5-16-12(18)9-3-1-8(2-4-9)11(15)17-19/h1-4,10,19H,5-7H2,(H2,15,17)(H,16,18). The third kappa shape index (κ3) is 5.19. The lowest BCUT2D eigenvalue weighted by molar-refractivity contribution is 0.0188. The lowest BCUT2D eigenvalue weighted by Gasteiger charge is -2.06. The molecule has 0 spiro atoms. The third-order valence-electron chi connectivity index (χ3n) is 2.33. The van der Waals surface area contributed by atoms with E-state index in [-0.39, 0.29) is 24.9 Å². The average Bonchev–Trinajstić information content (AvgIpc) is 2.45. The largest absolute Gasteiger partial charge is 0.409 e. The summed E-state index contributed by atoms with van der Waals surface area (Å²) in [6.07, 6.45) is -2.52. The summed E-state index contributed by atoms with van der Waals surface area (Å²) in [6.45, 7) is -0.504. The monoisotopic (exact) mass is 287 g/mol. The number of nitrogens with two attached hydrogens (primary N) is 1. The van der Waals surface area contributed by atoms with Crippen LogP contribution in [-0.2, 0) is 4.74 Å². The Hall–Kier alpha value is -2.22. The van der Waals surface area contributed by atoms with Crippen LogP contribution in [0, 0.1) is 0 Å². The van der Waals surface area contributed by atoms with E-state index >= 15 is 0 Å². The predicted octanol–water partition coefficient (Wildman–Crippen LogP) is 0.793. The molecule has 8 heteroatoms. The Labute approximate surface area is 114 Å². The fourth-order valence-electron chi connectivity index (χ4n) is 1.36. The van der Waals surface area contributed by atoms with Gasteiger partial charge < -0.3 is 21.0 Å². The summed E-state index contributed by atoms with van der Waals surface area (Å²) in [6, 6.07) is 6.06. The van der Waals surface area contributed by atoms with Crippen molar-refractivity contribution in [3.05, 3.63) is 35.4 Å². The van der Waals surface area contributed by atoms with Gasteiger partial charge in [0, 0.05) is 17.7 Å². The van der Waals surface area contributed by atoms with Gasteiger partial charge in [-0.15, -0.1) is 0 Å². The Morgan fingerprint density at radius 3 is 2.50 bits per heavy atom. The van der Waals surface area contributed by atoms with Crippen LogP contribution >= 0.6 is 0 Å². The highest BCUT2D eigenvalue weighted by Gasteiger charge is 2.06. The summed E-state index contributed by atoms with van der Waals surface area (Å²) < 4.78 is 28.2. The van der Waals surface area contributed by atoms with Crippen molar-refractivity contribution in [3.8, 4) is 0 Å². The van der Waals surface area contributed by atoms with Crippen molar-refractivity contribution in [3.63, 3.8) is 0 Å². The highest BCUT2D eigenvalue weighted by Crippen LogP contribution is 2.04. The molecule has 0 radical (unpaired) electrons. The van der Waals surface area contributed by atoms with Crippen molar-refractivity contribution in [2.24, 2.45) is 10.9 Å². The molecule has 1 rings (SSSR count). The number of amides is 1. The van der Waals surface area contributed by atoms with Gasteiger partial charge in [-0.1, -0.05) is 17.3 Å². The molecule has 0 fully saturated rings. The fraction of sp³-hybridized carbons (Fsp3) is 0.333. The van der Waals surface area contributed by atoms with Gasteiger partial charge in [-0.05, 0) is 12.1 Å². The molecule has 0 aliphatic rings. The minimum atomic E-state index is -2.52. The lowest BCUT2D eigenvalue weighted by Crippen LogP contribution is -2.27. The van der Waals surface area contributed by atoms with Gasteiger partial charge >= 0.3 is 0 Å². The number of oxime groups is 1. The second-order valence-electron chi connectivity index (χ2n) is 3.78. The topological polar surface area (TPSA) is 96.9 Å². The minimum Gasteiger partial charge on any atom is -0.409 e. The van der Waals surface area contributed by atoms with Crippen molar-refractivity contribution in [2.75, 3.05) is 19.8 Å². The van der Waals surface area contributed by atoms with Gasteiger partial charge in [0.25, 0.3) is 12.3 Å². The number of hydrogen-bond acceptors (Lipinski definition) is 4. The van der Waals surface area contributed by atoms with E-state index in [1.165, 1.54) is 24.3 Å². The zero-order valence-electron chi connectivity index (χ0n) is 10.6. The van der Waals surface area contributed by atoms with Crippen LogP contribution in [-0.4, -0.2) is 43.1 Å². The molecule has 110 valence electrons. The van der Waals surface area contributed by atoms with Crippen LogP contribution in [0.2, 0.25) is 0 Å². The van der Waals surface area contributed by atoms with Crippen molar-refractivity contribution in [1.29, 1.82) is 0 Å². The molecule has 0 saturated heterocycles. The van der Waals surface area contributed by atoms with Gasteiger partial charge in [0.1, 0.15) is 6.61 Å². The van der Waals surface area contributed by atoms with Crippen LogP contribution in [0.1, 0.15) is 15.9 Å². The predicted molar refractivity (Wildman–Crippen MR) is 68.1 cm³/mol. The number of carbonyl (C=O) groups excluding carboxylic acids is 1.